The Hall–Kier alpha value is -3.45. The van der Waals surface area contributed by atoms with Crippen LogP contribution in [0.3, 0.4) is 0 Å². The molecule has 3 fully saturated rings. The average Bonchev–Trinajstić information content (AvgIpc) is 3.22. The van der Waals surface area contributed by atoms with Crippen molar-refractivity contribution in [2.24, 2.45) is 11.8 Å². The highest BCUT2D eigenvalue weighted by Crippen LogP contribution is 2.45. The van der Waals surface area contributed by atoms with Crippen molar-refractivity contribution in [1.82, 2.24) is 31.1 Å². The molecule has 2 heterocycles. The molecule has 332 valence electrons. The van der Waals surface area contributed by atoms with Crippen molar-refractivity contribution in [2.45, 2.75) is 135 Å². The maximum Gasteiger partial charge on any atom is 0.317 e. The number of aliphatic hydroxyl groups is 1. The minimum absolute atomic E-state index is 0.0779. The summed E-state index contributed by atoms with van der Waals surface area (Å²) in [6.45, 7) is 13.1. The van der Waals surface area contributed by atoms with Crippen molar-refractivity contribution in [1.29, 1.82) is 0 Å². The maximum absolute atomic E-state index is 13.3. The third kappa shape index (κ3) is 15.5. The van der Waals surface area contributed by atoms with Gasteiger partial charge >= 0.3 is 12.1 Å². The van der Waals surface area contributed by atoms with Gasteiger partial charge in [-0.2, -0.15) is 0 Å². The molecule has 0 unspecified atom stereocenters. The van der Waals surface area contributed by atoms with Gasteiger partial charge in [0.05, 0.1) is 5.60 Å². The third-order valence-electron chi connectivity index (χ3n) is 12.3. The smallest absolute Gasteiger partial charge is 0.317 e. The monoisotopic (exact) mass is 825 g/mol. The van der Waals surface area contributed by atoms with Crippen LogP contribution in [0, 0.1) is 25.7 Å². The van der Waals surface area contributed by atoms with E-state index in [-0.39, 0.29) is 29.6 Å². The standard InChI is InChI=1S/C31H47N3O4.C16H30FN3O/c1-23-11-14-26(15-12-23)38-28-16-13-24(2)20-27(28)31(36,17-7-8-19-37-6)25-10-9-18-34(21-25)29(35)33-30(3,4)22-32-5;1-18-12-15(11-13-5-7-14(17)8-6-13)19-16(21)20-9-3-2-4-10-20/h11-16,20,25,32,36H,7-10,17-19,21-22H2,1-6H3,(H,33,35);13-15,18H,2-12H2,1H3,(H,19,21)/t25-,31+;13?,14?,15-/m10/s1. The molecule has 1 aliphatic carbocycles. The van der Waals surface area contributed by atoms with Crippen LogP contribution in [0.4, 0.5) is 14.0 Å². The van der Waals surface area contributed by atoms with Crippen LogP contribution in [0.15, 0.2) is 42.5 Å². The Kier molecular flexibility index (Phi) is 19.7. The SMILES string of the molecule is CNCC(C)(C)NC(=O)N1CCC[C@@H]([C@@](O)(CCCCOC)c2cc(C)ccc2Oc2ccc(C)cc2)C1.CNC[C@H](CC1CCC(F)CC1)NC(=O)N1CCCCC1. The topological polar surface area (TPSA) is 127 Å². The summed E-state index contributed by atoms with van der Waals surface area (Å²) in [5, 5.41) is 25.2. The first kappa shape index (κ1) is 48.2. The minimum Gasteiger partial charge on any atom is -0.457 e. The average molecular weight is 825 g/mol. The van der Waals surface area contributed by atoms with Gasteiger partial charge in [-0.15, -0.1) is 0 Å². The third-order valence-corrected chi connectivity index (χ3v) is 12.3. The number of methoxy groups -OCH3 is 1. The number of unbranched alkanes of at least 4 members (excludes halogenated alkanes) is 1. The number of likely N-dealkylation sites (N-methyl/N-ethyl adjacent to an activating group) is 2. The summed E-state index contributed by atoms with van der Waals surface area (Å²) >= 11 is 0. The summed E-state index contributed by atoms with van der Waals surface area (Å²) in [7, 11) is 5.50. The molecule has 3 atom stereocenters. The lowest BCUT2D eigenvalue weighted by molar-refractivity contribution is -0.0576. The number of benzene rings is 2. The van der Waals surface area contributed by atoms with Crippen LogP contribution in [0.2, 0.25) is 0 Å². The number of hydrogen-bond donors (Lipinski definition) is 5. The van der Waals surface area contributed by atoms with E-state index in [0.29, 0.717) is 57.2 Å². The second-order valence-corrected chi connectivity index (χ2v) is 18.0. The van der Waals surface area contributed by atoms with Gasteiger partial charge in [-0.3, -0.25) is 0 Å². The van der Waals surface area contributed by atoms with E-state index in [0.717, 1.165) is 99.9 Å². The predicted octanol–water partition coefficient (Wildman–Crippen LogP) is 8.21. The number of alkyl halides is 1. The highest BCUT2D eigenvalue weighted by Gasteiger charge is 2.43. The molecule has 3 aliphatic rings. The molecule has 59 heavy (non-hydrogen) atoms. The number of urea groups is 2. The first-order valence-corrected chi connectivity index (χ1v) is 22.4. The van der Waals surface area contributed by atoms with Gasteiger partial charge in [-0.25, -0.2) is 14.0 Å². The zero-order valence-electron chi connectivity index (χ0n) is 37.3. The highest BCUT2D eigenvalue weighted by atomic mass is 19.1. The number of carbonyl (C=O) groups excluding carboxylic acids is 2. The normalized spacial score (nSPS) is 21.4. The van der Waals surface area contributed by atoms with Crippen LogP contribution in [-0.4, -0.2) is 112 Å². The number of hydrogen-bond acceptors (Lipinski definition) is 7. The number of aryl methyl sites for hydroxylation is 2. The molecule has 2 saturated heterocycles. The second kappa shape index (κ2) is 24.1. The quantitative estimate of drug-likeness (QED) is 0.102. The van der Waals surface area contributed by atoms with Gasteiger partial charge in [0.1, 0.15) is 17.7 Å². The van der Waals surface area contributed by atoms with E-state index in [1.807, 2.05) is 88.0 Å². The van der Waals surface area contributed by atoms with E-state index < -0.39 is 11.8 Å². The number of rotatable bonds is 17. The lowest BCUT2D eigenvalue weighted by Gasteiger charge is -2.44. The lowest BCUT2D eigenvalue weighted by Crippen LogP contribution is -2.57. The fourth-order valence-electron chi connectivity index (χ4n) is 8.97. The number of nitrogens with one attached hydrogen (secondary N) is 4. The number of halogens is 1. The van der Waals surface area contributed by atoms with E-state index >= 15 is 0 Å². The van der Waals surface area contributed by atoms with Crippen LogP contribution < -0.4 is 26.0 Å². The van der Waals surface area contributed by atoms with Crippen LogP contribution in [0.1, 0.15) is 114 Å². The Bertz CT molecular complexity index is 1550. The summed E-state index contributed by atoms with van der Waals surface area (Å²) < 4.78 is 24.9. The Morgan fingerprint density at radius 2 is 1.54 bits per heavy atom. The predicted molar refractivity (Wildman–Crippen MR) is 236 cm³/mol. The van der Waals surface area contributed by atoms with Crippen molar-refractivity contribution in [3.63, 3.8) is 0 Å². The van der Waals surface area contributed by atoms with Crippen LogP contribution >= 0.6 is 0 Å². The first-order valence-electron chi connectivity index (χ1n) is 22.4. The van der Waals surface area contributed by atoms with Crippen LogP contribution in [-0.2, 0) is 10.3 Å². The first-order chi connectivity index (χ1) is 28.3. The van der Waals surface area contributed by atoms with Gasteiger partial charge in [0, 0.05) is 76.0 Å². The van der Waals surface area contributed by atoms with Gasteiger partial charge in [0.2, 0.25) is 0 Å². The lowest BCUT2D eigenvalue weighted by atomic mass is 9.73. The van der Waals surface area contributed by atoms with Gasteiger partial charge < -0.3 is 45.6 Å². The molecular weight excluding hydrogens is 748 g/mol. The molecule has 5 N–H and O–H groups in total. The van der Waals surface area contributed by atoms with Crippen molar-refractivity contribution >= 4 is 12.1 Å². The molecule has 12 heteroatoms. The fraction of sp³-hybridized carbons (Fsp3) is 0.702. The molecular formula is C47H77FN6O5. The number of nitrogens with zero attached hydrogens (tertiary/aromatic N) is 2. The van der Waals surface area contributed by atoms with E-state index in [9.17, 15) is 19.1 Å². The highest BCUT2D eigenvalue weighted by molar-refractivity contribution is 5.75. The maximum atomic E-state index is 13.3. The molecule has 0 aromatic heterocycles. The Morgan fingerprint density at radius 3 is 2.20 bits per heavy atom. The van der Waals surface area contributed by atoms with Crippen LogP contribution in [0.25, 0.3) is 0 Å². The number of carbonyl (C=O) groups is 2. The number of piperidine rings is 2. The summed E-state index contributed by atoms with van der Waals surface area (Å²) in [6.07, 6.45) is 11.0. The summed E-state index contributed by atoms with van der Waals surface area (Å²) in [6, 6.07) is 14.1. The Balaban J connectivity index is 0.000000308. The molecule has 0 radical (unpaired) electrons. The number of amides is 4. The van der Waals surface area contributed by atoms with Crippen molar-refractivity contribution < 1.29 is 28.6 Å². The molecule has 11 nitrogen and oxygen atoms in total. The van der Waals surface area contributed by atoms with Crippen molar-refractivity contribution in [3.05, 3.63) is 59.2 Å². The van der Waals surface area contributed by atoms with E-state index in [2.05, 4.69) is 27.3 Å². The Labute approximate surface area is 354 Å². The second-order valence-electron chi connectivity index (χ2n) is 18.0. The van der Waals surface area contributed by atoms with Gasteiger partial charge in [0.25, 0.3) is 0 Å². The fourth-order valence-corrected chi connectivity index (χ4v) is 8.97. The van der Waals surface area contributed by atoms with Crippen LogP contribution in [0.5, 0.6) is 11.5 Å². The summed E-state index contributed by atoms with van der Waals surface area (Å²) in [5.41, 5.74) is 1.48. The molecule has 1 saturated carbocycles. The molecule has 0 spiro atoms. The molecule has 2 aromatic carbocycles. The van der Waals surface area contributed by atoms with Gasteiger partial charge in [-0.05, 0) is 155 Å². The van der Waals surface area contributed by atoms with Crippen molar-refractivity contribution in [3.8, 4) is 11.5 Å². The molecule has 5 rings (SSSR count). The molecule has 4 amide bonds. The summed E-state index contributed by atoms with van der Waals surface area (Å²) in [4.78, 5) is 29.4. The largest absolute Gasteiger partial charge is 0.457 e. The van der Waals surface area contributed by atoms with E-state index in [1.165, 1.54) is 6.42 Å². The number of ether oxygens (including phenoxy) is 2. The Morgan fingerprint density at radius 1 is 0.864 bits per heavy atom. The molecule has 0 bridgehead atoms. The zero-order chi connectivity index (χ0) is 42.8. The number of likely N-dealkylation sites (tertiary alicyclic amines) is 2. The molecule has 2 aromatic rings. The van der Waals surface area contributed by atoms with Crippen molar-refractivity contribution in [2.75, 3.05) is 67.1 Å². The van der Waals surface area contributed by atoms with E-state index in [4.69, 9.17) is 9.47 Å². The van der Waals surface area contributed by atoms with Gasteiger partial charge in [-0.1, -0.05) is 29.3 Å². The van der Waals surface area contributed by atoms with E-state index in [1.54, 1.807) is 7.11 Å². The minimum atomic E-state index is -1.15. The van der Waals surface area contributed by atoms with Gasteiger partial charge in [0.15, 0.2) is 0 Å². The zero-order valence-corrected chi connectivity index (χ0v) is 37.3. The summed E-state index contributed by atoms with van der Waals surface area (Å²) in [5.74, 6) is 1.82. The molecule has 2 aliphatic heterocycles.